The van der Waals surface area contributed by atoms with Crippen molar-refractivity contribution in [3.05, 3.63) is 21.6 Å². The lowest BCUT2D eigenvalue weighted by molar-refractivity contribution is 1.09. The average molecular weight is 200 g/mol. The van der Waals surface area contributed by atoms with E-state index in [0.29, 0.717) is 11.1 Å². The zero-order chi connectivity index (χ0) is 8.55. The minimum Gasteiger partial charge on any atom is -0.249 e. The number of nitrogens with one attached hydrogen (secondary N) is 1. The molecule has 0 aliphatic carbocycles. The maximum absolute atomic E-state index is 5.60. The van der Waals surface area contributed by atoms with Crippen molar-refractivity contribution in [2.75, 3.05) is 0 Å². The Morgan fingerprint density at radius 3 is 2.83 bits per heavy atom. The zero-order valence-corrected chi connectivity index (χ0v) is 7.91. The highest BCUT2D eigenvalue weighted by Gasteiger charge is 2.07. The van der Waals surface area contributed by atoms with Crippen molar-refractivity contribution in [1.82, 2.24) is 15.2 Å². The van der Waals surface area contributed by atoms with Gasteiger partial charge in [0.25, 0.3) is 0 Å². The van der Waals surface area contributed by atoms with Gasteiger partial charge in [-0.15, -0.1) is 0 Å². The number of hydrogen-bond acceptors (Lipinski definition) is 3. The van der Waals surface area contributed by atoms with Crippen LogP contribution < -0.4 is 0 Å². The lowest BCUT2D eigenvalue weighted by Gasteiger charge is -1.89. The van der Waals surface area contributed by atoms with Crippen LogP contribution in [-0.4, -0.2) is 15.2 Å². The number of halogens is 1. The Morgan fingerprint density at radius 1 is 1.50 bits per heavy atom. The highest BCUT2D eigenvalue weighted by Crippen LogP contribution is 2.23. The number of nitrogens with zero attached hydrogens (tertiary/aromatic N) is 2. The molecule has 0 saturated carbocycles. The first-order chi connectivity index (χ1) is 5.77. The van der Waals surface area contributed by atoms with Crippen molar-refractivity contribution < 1.29 is 0 Å². The molecule has 0 bridgehead atoms. The van der Waals surface area contributed by atoms with Crippen molar-refractivity contribution in [2.24, 2.45) is 0 Å². The molecule has 0 aliphatic rings. The summed E-state index contributed by atoms with van der Waals surface area (Å²) in [5, 5.41) is 10.9. The van der Waals surface area contributed by atoms with E-state index in [1.54, 1.807) is 11.3 Å². The fourth-order valence-electron chi connectivity index (χ4n) is 0.952. The maximum atomic E-state index is 5.60. The third-order valence-corrected chi connectivity index (χ3v) is 2.59. The summed E-state index contributed by atoms with van der Waals surface area (Å²) in [6.07, 6.45) is 0. The van der Waals surface area contributed by atoms with Gasteiger partial charge in [-0.3, -0.25) is 0 Å². The molecule has 0 saturated heterocycles. The molecule has 0 radical (unpaired) electrons. The molecule has 0 fully saturated rings. The van der Waals surface area contributed by atoms with E-state index in [2.05, 4.69) is 20.6 Å². The zero-order valence-electron chi connectivity index (χ0n) is 6.34. The summed E-state index contributed by atoms with van der Waals surface area (Å²) in [5.41, 5.74) is 2.22. The molecule has 3 nitrogen and oxygen atoms in total. The molecular formula is C7H6ClN3S. The van der Waals surface area contributed by atoms with Gasteiger partial charge in [0.2, 0.25) is 5.28 Å². The minimum atomic E-state index is 0.329. The maximum Gasteiger partial charge on any atom is 0.218 e. The van der Waals surface area contributed by atoms with E-state index in [1.807, 2.05) is 12.3 Å². The monoisotopic (exact) mass is 199 g/mol. The second-order valence-electron chi connectivity index (χ2n) is 2.42. The Bertz CT molecular complexity index is 393. The average Bonchev–Trinajstić information content (AvgIpc) is 2.58. The van der Waals surface area contributed by atoms with Crippen LogP contribution in [0.5, 0.6) is 0 Å². The van der Waals surface area contributed by atoms with Crippen molar-refractivity contribution >= 4 is 22.9 Å². The molecule has 0 aromatic carbocycles. The SMILES string of the molecule is Cc1cscc1-c1n[nH]c(Cl)n1. The lowest BCUT2D eigenvalue weighted by Crippen LogP contribution is -1.79. The third kappa shape index (κ3) is 1.23. The third-order valence-electron chi connectivity index (χ3n) is 1.55. The van der Waals surface area contributed by atoms with Gasteiger partial charge in [-0.05, 0) is 29.5 Å². The summed E-state index contributed by atoms with van der Waals surface area (Å²) >= 11 is 7.24. The molecule has 0 atom stereocenters. The largest absolute Gasteiger partial charge is 0.249 e. The Kier molecular flexibility index (Phi) is 1.86. The van der Waals surface area contributed by atoms with Crippen molar-refractivity contribution in [1.29, 1.82) is 0 Å². The van der Waals surface area contributed by atoms with Gasteiger partial charge in [0.1, 0.15) is 0 Å². The van der Waals surface area contributed by atoms with Crippen LogP contribution in [-0.2, 0) is 0 Å². The van der Waals surface area contributed by atoms with Crippen LogP contribution in [0.4, 0.5) is 0 Å². The van der Waals surface area contributed by atoms with Crippen LogP contribution in [0.2, 0.25) is 5.28 Å². The Labute approximate surface area is 78.4 Å². The van der Waals surface area contributed by atoms with Gasteiger partial charge in [-0.2, -0.15) is 21.4 Å². The molecule has 0 spiro atoms. The summed E-state index contributed by atoms with van der Waals surface area (Å²) in [6, 6.07) is 0. The topological polar surface area (TPSA) is 41.6 Å². The number of hydrogen-bond donors (Lipinski definition) is 1. The first-order valence-electron chi connectivity index (χ1n) is 3.38. The Balaban J connectivity index is 2.50. The van der Waals surface area contributed by atoms with E-state index < -0.39 is 0 Å². The number of rotatable bonds is 1. The van der Waals surface area contributed by atoms with Crippen LogP contribution in [0, 0.1) is 6.92 Å². The lowest BCUT2D eigenvalue weighted by atomic mass is 10.2. The predicted octanol–water partition coefficient (Wildman–Crippen LogP) is 2.50. The first-order valence-corrected chi connectivity index (χ1v) is 4.70. The minimum absolute atomic E-state index is 0.329. The van der Waals surface area contributed by atoms with Gasteiger partial charge < -0.3 is 0 Å². The number of aryl methyl sites for hydroxylation is 1. The second-order valence-corrected chi connectivity index (χ2v) is 3.52. The molecule has 0 amide bonds. The van der Waals surface area contributed by atoms with Crippen molar-refractivity contribution in [3.8, 4) is 11.4 Å². The molecule has 2 aromatic heterocycles. The van der Waals surface area contributed by atoms with Gasteiger partial charge in [0.15, 0.2) is 5.82 Å². The van der Waals surface area contributed by atoms with Gasteiger partial charge in [-0.25, -0.2) is 5.10 Å². The standard InChI is InChI=1S/C7H6ClN3S/c1-4-2-12-3-5(4)6-9-7(8)11-10-6/h2-3H,1H3,(H,9,10,11). The van der Waals surface area contributed by atoms with Crippen LogP contribution >= 0.6 is 22.9 Å². The molecule has 5 heteroatoms. The Hall–Kier alpha value is -0.870. The van der Waals surface area contributed by atoms with Crippen molar-refractivity contribution in [3.63, 3.8) is 0 Å². The molecule has 0 aliphatic heterocycles. The highest BCUT2D eigenvalue weighted by molar-refractivity contribution is 7.08. The molecular weight excluding hydrogens is 194 g/mol. The van der Waals surface area contributed by atoms with Crippen LogP contribution in [0.1, 0.15) is 5.56 Å². The van der Waals surface area contributed by atoms with E-state index in [9.17, 15) is 0 Å². The smallest absolute Gasteiger partial charge is 0.218 e. The molecule has 62 valence electrons. The summed E-state index contributed by atoms with van der Waals surface area (Å²) in [6.45, 7) is 2.02. The fraction of sp³-hybridized carbons (Fsp3) is 0.143. The van der Waals surface area contributed by atoms with Gasteiger partial charge >= 0.3 is 0 Å². The first kappa shape index (κ1) is 7.76. The molecule has 0 unspecified atom stereocenters. The number of H-pyrrole nitrogens is 1. The van der Waals surface area contributed by atoms with Gasteiger partial charge in [0.05, 0.1) is 0 Å². The van der Waals surface area contributed by atoms with E-state index >= 15 is 0 Å². The molecule has 2 rings (SSSR count). The highest BCUT2D eigenvalue weighted by atomic mass is 35.5. The summed E-state index contributed by atoms with van der Waals surface area (Å²) < 4.78 is 0. The van der Waals surface area contributed by atoms with Crippen LogP contribution in [0.3, 0.4) is 0 Å². The van der Waals surface area contributed by atoms with Crippen LogP contribution in [0.15, 0.2) is 10.8 Å². The quantitative estimate of drug-likeness (QED) is 0.767. The number of aromatic amines is 1. The molecule has 1 N–H and O–H groups in total. The van der Waals surface area contributed by atoms with E-state index in [-0.39, 0.29) is 0 Å². The van der Waals surface area contributed by atoms with E-state index in [0.717, 1.165) is 5.56 Å². The van der Waals surface area contributed by atoms with Crippen molar-refractivity contribution in [2.45, 2.75) is 6.92 Å². The van der Waals surface area contributed by atoms with E-state index in [1.165, 1.54) is 5.56 Å². The van der Waals surface area contributed by atoms with Gasteiger partial charge in [0, 0.05) is 10.9 Å². The van der Waals surface area contributed by atoms with Gasteiger partial charge in [-0.1, -0.05) is 0 Å². The normalized spacial score (nSPS) is 10.5. The molecule has 12 heavy (non-hydrogen) atoms. The predicted molar refractivity (Wildman–Crippen MR) is 49.4 cm³/mol. The second kappa shape index (κ2) is 2.88. The summed E-state index contributed by atoms with van der Waals surface area (Å²) in [5.74, 6) is 0.666. The molecule has 2 aromatic rings. The summed E-state index contributed by atoms with van der Waals surface area (Å²) in [7, 11) is 0. The summed E-state index contributed by atoms with van der Waals surface area (Å²) in [4.78, 5) is 4.02. The Morgan fingerprint density at radius 2 is 2.33 bits per heavy atom. The fourth-order valence-corrected chi connectivity index (χ4v) is 1.90. The van der Waals surface area contributed by atoms with Crippen LogP contribution in [0.25, 0.3) is 11.4 Å². The van der Waals surface area contributed by atoms with E-state index in [4.69, 9.17) is 11.6 Å². The molecule has 2 heterocycles. The number of aromatic nitrogens is 3. The number of thiophene rings is 1.